The highest BCUT2D eigenvalue weighted by Gasteiger charge is 2.33. The second-order valence-electron chi connectivity index (χ2n) is 34.8. The molecule has 3 heterocycles. The van der Waals surface area contributed by atoms with Gasteiger partial charge in [0.25, 0.3) is 0 Å². The summed E-state index contributed by atoms with van der Waals surface area (Å²) in [6.07, 6.45) is 0. The number of rotatable bonds is 38. The number of aliphatic hydroxyl groups excluding tert-OH is 1. The summed E-state index contributed by atoms with van der Waals surface area (Å²) in [6, 6.07) is 44.5. The molecule has 129 heavy (non-hydrogen) atoms. The number of amides is 5. The van der Waals surface area contributed by atoms with Crippen molar-refractivity contribution in [3.63, 3.8) is 0 Å². The summed E-state index contributed by atoms with van der Waals surface area (Å²) in [4.78, 5) is 146. The maximum absolute atomic E-state index is 12.7. The van der Waals surface area contributed by atoms with Crippen molar-refractivity contribution < 1.29 is 57.8 Å². The van der Waals surface area contributed by atoms with Gasteiger partial charge in [0.15, 0.2) is 0 Å². The van der Waals surface area contributed by atoms with Gasteiger partial charge in [0.2, 0.25) is 29.5 Å². The molecule has 5 amide bonds. The molecule has 0 aromatic heterocycles. The Balaban J connectivity index is 0.000000325. The zero-order chi connectivity index (χ0) is 96.3. The van der Waals surface area contributed by atoms with Crippen molar-refractivity contribution in [1.29, 1.82) is 0 Å². The summed E-state index contributed by atoms with van der Waals surface area (Å²) in [7, 11) is 5.00. The summed E-state index contributed by atoms with van der Waals surface area (Å²) in [6.45, 7) is 41.0. The van der Waals surface area contributed by atoms with Crippen LogP contribution in [0.5, 0.6) is 0 Å². The van der Waals surface area contributed by atoms with E-state index < -0.39 is 5.91 Å². The van der Waals surface area contributed by atoms with E-state index in [0.717, 1.165) is 125 Å². The molecule has 3 aliphatic rings. The minimum absolute atomic E-state index is 0.00538. The van der Waals surface area contributed by atoms with Crippen LogP contribution in [-0.2, 0) is 52.7 Å². The van der Waals surface area contributed by atoms with E-state index in [2.05, 4.69) is 40.9 Å². The molecule has 0 unspecified atom stereocenters. The number of Topliss-reactive ketones (excluding diaryl/α,β-unsaturated/α-hetero) is 6. The van der Waals surface area contributed by atoms with Gasteiger partial charge in [-0.2, -0.15) is 0 Å². The number of carbonyl (C=O) groups excluding carboxylic acids is 11. The van der Waals surface area contributed by atoms with Crippen molar-refractivity contribution in [3.05, 3.63) is 209 Å². The number of aliphatic hydroxyl groups is 1. The van der Waals surface area contributed by atoms with Crippen molar-refractivity contribution in [3.8, 4) is 0 Å². The minimum Gasteiger partial charge on any atom is -0.395 e. The van der Waals surface area contributed by atoms with Gasteiger partial charge in [-0.3, -0.25) is 72.3 Å². The van der Waals surface area contributed by atoms with Gasteiger partial charge < -0.3 is 46.8 Å². The lowest BCUT2D eigenvalue weighted by Crippen LogP contribution is -2.49. The Morgan fingerprint density at radius 3 is 0.752 bits per heavy atom. The van der Waals surface area contributed by atoms with Gasteiger partial charge in [0, 0.05) is 225 Å². The average Bonchev–Trinajstić information content (AvgIpc) is 0.515. The fraction of sp³-hybridized carbons (Fsp3) is 0.525. The highest BCUT2D eigenvalue weighted by Crippen LogP contribution is 2.31. The van der Waals surface area contributed by atoms with Crippen LogP contribution in [0.4, 0.5) is 0 Å². The van der Waals surface area contributed by atoms with Crippen LogP contribution >= 0.6 is 69.6 Å². The minimum atomic E-state index is -0.438. The van der Waals surface area contributed by atoms with Crippen LogP contribution in [0.15, 0.2) is 146 Å². The van der Waals surface area contributed by atoms with Gasteiger partial charge in [-0.25, -0.2) is 0 Å². The molecule has 0 bridgehead atoms. The number of likely N-dealkylation sites (N-methyl/N-ethyl adjacent to an activating group) is 2. The third kappa shape index (κ3) is 41.4. The van der Waals surface area contributed by atoms with E-state index in [0.29, 0.717) is 62.9 Å². The van der Waals surface area contributed by atoms with Crippen LogP contribution < -0.4 is 27.0 Å². The second kappa shape index (κ2) is 59.6. The molecule has 3 saturated heterocycles. The molecule has 24 nitrogen and oxygen atoms in total. The number of nitrogens with two attached hydrogens (primary N) is 1. The smallest absolute Gasteiger partial charge is 0.236 e. The number of ketones is 6. The number of benzene rings is 6. The molecule has 7 N–H and O–H groups in total. The molecule has 3 fully saturated rings. The van der Waals surface area contributed by atoms with E-state index in [4.69, 9.17) is 80.4 Å². The normalized spacial score (nSPS) is 15.2. The number of β-amino-alcohol motifs (C(OH)–C–C–N with tert-alkyl or cyclic N) is 1. The Bertz CT molecular complexity index is 4320. The van der Waals surface area contributed by atoms with Gasteiger partial charge in [-0.15, -0.1) is 0 Å². The molecule has 0 radical (unpaired) electrons. The van der Waals surface area contributed by atoms with E-state index in [-0.39, 0.29) is 156 Å². The van der Waals surface area contributed by atoms with Crippen LogP contribution in [0.1, 0.15) is 166 Å². The molecular weight excluding hydrogens is 1760 g/mol. The van der Waals surface area contributed by atoms with Crippen molar-refractivity contribution in [2.45, 2.75) is 132 Å². The zero-order valence-electron chi connectivity index (χ0n) is 78.5. The first-order chi connectivity index (χ1) is 61.0. The van der Waals surface area contributed by atoms with E-state index in [9.17, 15) is 52.7 Å². The topological polar surface area (TPSA) is 305 Å². The predicted octanol–water partition coefficient (Wildman–Crippen LogP) is 13.9. The first kappa shape index (κ1) is 113. The predicted molar refractivity (Wildman–Crippen MR) is 522 cm³/mol. The van der Waals surface area contributed by atoms with Gasteiger partial charge >= 0.3 is 0 Å². The molecule has 30 heteroatoms. The lowest BCUT2D eigenvalue weighted by molar-refractivity contribution is -0.131. The van der Waals surface area contributed by atoms with Crippen molar-refractivity contribution >= 4 is 134 Å². The largest absolute Gasteiger partial charge is 0.395 e. The number of nitrogens with one attached hydrogen (secondary N) is 4. The van der Waals surface area contributed by atoms with Crippen LogP contribution in [0.3, 0.4) is 0 Å². The number of carbonyl (C=O) groups is 11. The van der Waals surface area contributed by atoms with E-state index >= 15 is 0 Å². The summed E-state index contributed by atoms with van der Waals surface area (Å²) in [5.74, 6) is -0.485. The lowest BCUT2D eigenvalue weighted by Gasteiger charge is -2.36. The summed E-state index contributed by atoms with van der Waals surface area (Å²) in [5, 5.41) is 24.5. The fourth-order valence-corrected chi connectivity index (χ4v) is 15.4. The molecule has 710 valence electrons. The Labute approximate surface area is 796 Å². The molecule has 0 spiro atoms. The molecule has 0 saturated carbocycles. The zero-order valence-corrected chi connectivity index (χ0v) is 83.0. The maximum Gasteiger partial charge on any atom is 0.236 e. The van der Waals surface area contributed by atoms with E-state index in [1.165, 1.54) is 4.90 Å². The van der Waals surface area contributed by atoms with Crippen LogP contribution in [-0.4, -0.2) is 275 Å². The molecule has 3 aliphatic heterocycles. The van der Waals surface area contributed by atoms with E-state index in [1.807, 2.05) is 202 Å². The summed E-state index contributed by atoms with van der Waals surface area (Å²) < 4.78 is 0. The molecule has 9 rings (SSSR count). The summed E-state index contributed by atoms with van der Waals surface area (Å²) in [5.41, 5.74) is 10.9. The van der Waals surface area contributed by atoms with Gasteiger partial charge in [0.1, 0.15) is 34.7 Å². The quantitative estimate of drug-likeness (QED) is 0.0210. The molecule has 6 atom stereocenters. The van der Waals surface area contributed by atoms with Gasteiger partial charge in [-0.05, 0) is 106 Å². The molecule has 6 aromatic rings. The highest BCUT2D eigenvalue weighted by molar-refractivity contribution is 6.32. The molecule has 0 aliphatic carbocycles. The maximum atomic E-state index is 12.7. The Morgan fingerprint density at radius 1 is 0.333 bits per heavy atom. The summed E-state index contributed by atoms with van der Waals surface area (Å²) >= 11 is 35.5. The number of halogens is 6. The molecule has 6 aromatic carbocycles. The SMILES string of the molecule is CC(=O)N1CCN(C[C@@H](C(=O)C(C)C)c2ccc(Cl)cc2)CC1.CC(=O)N1CCN(C[C@H](C(=O)C(C)C)c2ccc(Cl)cc2)CC1.CC(C)C(=O)[C@H](CN1CCN(CCO)CC1)c1ccc(Cl)cc1.CC(C)C(=O)[C@H](CNCC(=O)N(C)C)c1ccc(Cl)cc1.CC(C)C(=O)[C@H](CNCC(N)=O)c1ccc(Cl)cc1.CNC(=O)CNC[C@@H](C(=O)C(C)C)c1ccc(Cl)cc1. The number of piperazine rings is 3. The third-order valence-electron chi connectivity index (χ3n) is 22.6. The van der Waals surface area contributed by atoms with Crippen molar-refractivity contribution in [1.82, 2.24) is 55.6 Å². The number of primary amides is 1. The number of hydrogen-bond donors (Lipinski definition) is 6. The second-order valence-corrected chi connectivity index (χ2v) is 37.4. The average molecular weight is 1900 g/mol. The Morgan fingerprint density at radius 2 is 0.543 bits per heavy atom. The van der Waals surface area contributed by atoms with E-state index in [1.54, 1.807) is 71.4 Å². The Hall–Kier alpha value is -7.89. The standard InChI is InChI=1S/2C18H25ClN2O2.C18H27ClN2O2.C16H23ClN2O2.C15H21ClN2O2.C14H19ClN2O2/c2*1-13(2)18(23)17(15-4-6-16(19)7-5-15)12-20-8-10-21(11-9-20)14(3)22;1-14(2)18(23)17(15-3-5-16(19)6-4-15)13-21-9-7-20(8-10-21)11-12-22;1-11(2)16(21)14(9-18-10-15(20)19(3)4)12-5-7-13(17)8-6-12;1-10(2)15(20)13(8-18-9-14(19)17-3)11-4-6-12(16)7-5-11;1-9(2)14(19)12(7-17-8-13(16)18)10-3-5-11(15)6-4-10/h2*4-7,13,17H,8-12H2,1-3H3;3-6,14,17,22H,7-13H2,1-2H3;5-8,11,14,18H,9-10H2,1-4H3;4-7,10,13,18H,8-9H2,1-3H3,(H,17,19);3-6,9,12,17H,7-8H2,1-2H3,(H2,16,18)/t3*17-;14-;13-;12-/m101111/s1. The lowest BCUT2D eigenvalue weighted by atomic mass is 9.88. The van der Waals surface area contributed by atoms with Gasteiger partial charge in [-0.1, -0.05) is 225 Å². The fourth-order valence-electron chi connectivity index (χ4n) is 14.7. The van der Waals surface area contributed by atoms with Gasteiger partial charge in [0.05, 0.1) is 61.7 Å². The number of nitrogens with zero attached hydrogens (tertiary/aromatic N) is 7. The first-order valence-electron chi connectivity index (χ1n) is 44.5. The molecular formula is C99H140Cl6N12O12. The number of hydrogen-bond acceptors (Lipinski definition) is 19. The first-order valence-corrected chi connectivity index (χ1v) is 46.8. The van der Waals surface area contributed by atoms with Crippen LogP contribution in [0.25, 0.3) is 0 Å². The highest BCUT2D eigenvalue weighted by atomic mass is 35.5. The monoisotopic (exact) mass is 1900 g/mol. The van der Waals surface area contributed by atoms with Crippen LogP contribution in [0.2, 0.25) is 30.1 Å². The third-order valence-corrected chi connectivity index (χ3v) is 24.1. The van der Waals surface area contributed by atoms with Crippen molar-refractivity contribution in [2.75, 3.05) is 172 Å². The van der Waals surface area contributed by atoms with Crippen LogP contribution in [0, 0.1) is 35.5 Å². The van der Waals surface area contributed by atoms with Crippen molar-refractivity contribution in [2.24, 2.45) is 41.2 Å². The Kier molecular flexibility index (Phi) is 52.4.